The molecule has 4 nitrogen and oxygen atoms in total. The van der Waals surface area contributed by atoms with Crippen LogP contribution in [0.3, 0.4) is 0 Å². The molecule has 0 spiro atoms. The number of benzene rings is 1. The Hall–Kier alpha value is -1.10. The van der Waals surface area contributed by atoms with E-state index in [1.807, 2.05) is 0 Å². The van der Waals surface area contributed by atoms with E-state index in [1.54, 1.807) is 7.11 Å². The number of fused-ring (bicyclic) bond motifs is 1. The summed E-state index contributed by atoms with van der Waals surface area (Å²) < 4.78 is 5.31. The fourth-order valence-corrected chi connectivity index (χ4v) is 3.45. The molecule has 1 aromatic rings. The van der Waals surface area contributed by atoms with Gasteiger partial charge in [0.15, 0.2) is 0 Å². The zero-order chi connectivity index (χ0) is 14.7. The molecule has 0 amide bonds. The van der Waals surface area contributed by atoms with Crippen LogP contribution >= 0.6 is 0 Å². The molecule has 1 N–H and O–H groups in total. The zero-order valence-corrected chi connectivity index (χ0v) is 13.3. The fourth-order valence-electron chi connectivity index (χ4n) is 3.45. The molecule has 2 aliphatic rings. The maximum Gasteiger partial charge on any atom is 0.0653 e. The van der Waals surface area contributed by atoms with E-state index >= 15 is 0 Å². The van der Waals surface area contributed by atoms with E-state index in [-0.39, 0.29) is 0 Å². The number of ether oxygens (including phenoxy) is 1. The van der Waals surface area contributed by atoms with E-state index in [0.29, 0.717) is 0 Å². The third kappa shape index (κ3) is 3.39. The lowest BCUT2D eigenvalue weighted by Crippen LogP contribution is -2.44. The standard InChI is InChI=1S/C17H27N3O/c1-14-3-4-16-13-19(12-15-5-7-18-8-6-15)20(9-10-21-2)17(16)11-14/h3-4,11,15,18H,5-10,12-13H2,1-2H3. The summed E-state index contributed by atoms with van der Waals surface area (Å²) in [5.41, 5.74) is 4.16. The molecule has 1 saturated heterocycles. The Labute approximate surface area is 128 Å². The minimum absolute atomic E-state index is 0.774. The third-order valence-electron chi connectivity index (χ3n) is 4.65. The van der Waals surface area contributed by atoms with Crippen molar-refractivity contribution in [3.05, 3.63) is 29.3 Å². The number of aryl methyl sites for hydroxylation is 1. The molecule has 21 heavy (non-hydrogen) atoms. The van der Waals surface area contributed by atoms with E-state index in [0.717, 1.165) is 25.6 Å². The number of anilines is 1. The molecule has 3 rings (SSSR count). The first-order valence-electron chi connectivity index (χ1n) is 8.09. The van der Waals surface area contributed by atoms with Gasteiger partial charge < -0.3 is 15.1 Å². The van der Waals surface area contributed by atoms with Crippen molar-refractivity contribution in [1.29, 1.82) is 0 Å². The Bertz CT molecular complexity index is 471. The summed E-state index contributed by atoms with van der Waals surface area (Å²) in [6.45, 7) is 8.44. The predicted octanol–water partition coefficient (Wildman–Crippen LogP) is 2.18. The Morgan fingerprint density at radius 3 is 2.86 bits per heavy atom. The summed E-state index contributed by atoms with van der Waals surface area (Å²) in [7, 11) is 1.78. The molecule has 0 atom stereocenters. The Kier molecular flexibility index (Phi) is 4.78. The molecule has 0 saturated carbocycles. The van der Waals surface area contributed by atoms with Crippen LogP contribution in [0.15, 0.2) is 18.2 Å². The molecule has 0 bridgehead atoms. The molecule has 2 aliphatic heterocycles. The average Bonchev–Trinajstić information content (AvgIpc) is 2.83. The maximum absolute atomic E-state index is 5.31. The highest BCUT2D eigenvalue weighted by Gasteiger charge is 2.29. The van der Waals surface area contributed by atoms with Crippen LogP contribution in [0.4, 0.5) is 5.69 Å². The zero-order valence-electron chi connectivity index (χ0n) is 13.3. The molecule has 0 radical (unpaired) electrons. The molecule has 0 aromatic heterocycles. The van der Waals surface area contributed by atoms with Crippen LogP contribution in [-0.2, 0) is 11.3 Å². The summed E-state index contributed by atoms with van der Waals surface area (Å²) in [6, 6.07) is 6.82. The topological polar surface area (TPSA) is 27.7 Å². The lowest BCUT2D eigenvalue weighted by atomic mass is 9.98. The van der Waals surface area contributed by atoms with Crippen molar-refractivity contribution < 1.29 is 4.74 Å². The molecule has 4 heteroatoms. The van der Waals surface area contributed by atoms with Gasteiger partial charge >= 0.3 is 0 Å². The summed E-state index contributed by atoms with van der Waals surface area (Å²) in [6.07, 6.45) is 2.59. The number of nitrogens with one attached hydrogen (secondary N) is 1. The molecular formula is C17H27N3O. The van der Waals surface area contributed by atoms with Crippen LogP contribution in [0.2, 0.25) is 0 Å². The molecule has 1 aromatic carbocycles. The predicted molar refractivity (Wildman–Crippen MR) is 86.4 cm³/mol. The van der Waals surface area contributed by atoms with Crippen LogP contribution in [-0.4, -0.2) is 44.9 Å². The number of hydrogen-bond acceptors (Lipinski definition) is 4. The highest BCUT2D eigenvalue weighted by molar-refractivity contribution is 5.57. The van der Waals surface area contributed by atoms with Gasteiger partial charge in [-0.15, -0.1) is 0 Å². The summed E-state index contributed by atoms with van der Waals surface area (Å²) in [4.78, 5) is 0. The minimum Gasteiger partial charge on any atom is -0.383 e. The van der Waals surface area contributed by atoms with Gasteiger partial charge in [-0.25, -0.2) is 5.01 Å². The summed E-state index contributed by atoms with van der Waals surface area (Å²) in [5.74, 6) is 0.812. The lowest BCUT2D eigenvalue weighted by Gasteiger charge is -2.34. The number of rotatable bonds is 5. The normalized spacial score (nSPS) is 20.0. The van der Waals surface area contributed by atoms with Gasteiger partial charge in [0.2, 0.25) is 0 Å². The minimum atomic E-state index is 0.774. The van der Waals surface area contributed by atoms with Gasteiger partial charge in [0, 0.05) is 20.2 Å². The van der Waals surface area contributed by atoms with Crippen LogP contribution in [0.1, 0.15) is 24.0 Å². The van der Waals surface area contributed by atoms with Crippen molar-refractivity contribution in [3.8, 4) is 0 Å². The number of nitrogens with zero attached hydrogens (tertiary/aromatic N) is 2. The van der Waals surface area contributed by atoms with Gasteiger partial charge in [0.25, 0.3) is 0 Å². The van der Waals surface area contributed by atoms with Crippen molar-refractivity contribution in [3.63, 3.8) is 0 Å². The van der Waals surface area contributed by atoms with Gasteiger partial charge in [0.05, 0.1) is 18.8 Å². The molecule has 2 heterocycles. The molecule has 0 unspecified atom stereocenters. The van der Waals surface area contributed by atoms with Gasteiger partial charge in [-0.3, -0.25) is 0 Å². The van der Waals surface area contributed by atoms with Crippen LogP contribution in [0, 0.1) is 12.8 Å². The van der Waals surface area contributed by atoms with E-state index in [4.69, 9.17) is 4.74 Å². The van der Waals surface area contributed by atoms with Crippen molar-refractivity contribution >= 4 is 5.69 Å². The van der Waals surface area contributed by atoms with Crippen LogP contribution in [0.25, 0.3) is 0 Å². The Morgan fingerprint density at radius 2 is 2.10 bits per heavy atom. The summed E-state index contributed by atoms with van der Waals surface area (Å²) in [5, 5.41) is 8.42. The largest absolute Gasteiger partial charge is 0.383 e. The first kappa shape index (κ1) is 14.8. The van der Waals surface area contributed by atoms with Gasteiger partial charge in [-0.05, 0) is 56.0 Å². The smallest absolute Gasteiger partial charge is 0.0653 e. The highest BCUT2D eigenvalue weighted by atomic mass is 16.5. The number of methoxy groups -OCH3 is 1. The van der Waals surface area contributed by atoms with Crippen LogP contribution in [0.5, 0.6) is 0 Å². The fraction of sp³-hybridized carbons (Fsp3) is 0.647. The van der Waals surface area contributed by atoms with Crippen molar-refractivity contribution in [2.24, 2.45) is 5.92 Å². The van der Waals surface area contributed by atoms with E-state index in [1.165, 1.54) is 49.3 Å². The first-order chi connectivity index (χ1) is 10.3. The lowest BCUT2D eigenvalue weighted by molar-refractivity contribution is 0.159. The van der Waals surface area contributed by atoms with Crippen molar-refractivity contribution in [2.75, 3.05) is 44.9 Å². The average molecular weight is 289 g/mol. The second kappa shape index (κ2) is 6.77. The summed E-state index contributed by atoms with van der Waals surface area (Å²) >= 11 is 0. The van der Waals surface area contributed by atoms with Crippen molar-refractivity contribution in [2.45, 2.75) is 26.3 Å². The SMILES string of the molecule is COCCN1c2cc(C)ccc2CN1CC1CCNCC1. The number of piperidine rings is 1. The van der Waals surface area contributed by atoms with Gasteiger partial charge in [-0.2, -0.15) is 0 Å². The second-order valence-electron chi connectivity index (χ2n) is 6.29. The second-order valence-corrected chi connectivity index (χ2v) is 6.29. The quantitative estimate of drug-likeness (QED) is 0.899. The Morgan fingerprint density at radius 1 is 1.29 bits per heavy atom. The molecular weight excluding hydrogens is 262 g/mol. The Balaban J connectivity index is 1.73. The number of hydrogen-bond donors (Lipinski definition) is 1. The molecule has 116 valence electrons. The monoisotopic (exact) mass is 289 g/mol. The molecule has 1 fully saturated rings. The van der Waals surface area contributed by atoms with Crippen LogP contribution < -0.4 is 10.3 Å². The third-order valence-corrected chi connectivity index (χ3v) is 4.65. The first-order valence-corrected chi connectivity index (χ1v) is 8.09. The van der Waals surface area contributed by atoms with Gasteiger partial charge in [-0.1, -0.05) is 12.1 Å². The van der Waals surface area contributed by atoms with Crippen molar-refractivity contribution in [1.82, 2.24) is 10.3 Å². The molecule has 0 aliphatic carbocycles. The number of hydrazine groups is 1. The van der Waals surface area contributed by atoms with E-state index < -0.39 is 0 Å². The van der Waals surface area contributed by atoms with E-state index in [9.17, 15) is 0 Å². The maximum atomic E-state index is 5.31. The van der Waals surface area contributed by atoms with E-state index in [2.05, 4.69) is 40.5 Å². The highest BCUT2D eigenvalue weighted by Crippen LogP contribution is 2.33. The van der Waals surface area contributed by atoms with Gasteiger partial charge in [0.1, 0.15) is 0 Å².